The summed E-state index contributed by atoms with van der Waals surface area (Å²) in [5, 5.41) is 19.5. The molecule has 53 heavy (non-hydrogen) atoms. The fourth-order valence-corrected chi connectivity index (χ4v) is 4.40. The second-order valence-electron chi connectivity index (χ2n) is 12.3. The quantitative estimate of drug-likeness (QED) is 0.139. The molecule has 24 heteroatoms. The number of alkyl halides is 8. The lowest BCUT2D eigenvalue weighted by Gasteiger charge is -2.37. The number of anilines is 1. The van der Waals surface area contributed by atoms with E-state index in [1.165, 1.54) is 0 Å². The van der Waals surface area contributed by atoms with Crippen LogP contribution in [0.3, 0.4) is 0 Å². The van der Waals surface area contributed by atoms with E-state index in [2.05, 4.69) is 14.6 Å². The highest BCUT2D eigenvalue weighted by molar-refractivity contribution is 5.88. The van der Waals surface area contributed by atoms with Crippen molar-refractivity contribution in [1.82, 2.24) is 31.2 Å². The van der Waals surface area contributed by atoms with Gasteiger partial charge in [-0.3, -0.25) is 20.0 Å². The first-order valence-corrected chi connectivity index (χ1v) is 14.9. The fraction of sp³-hybridized carbons (Fsp3) is 0.552. The van der Waals surface area contributed by atoms with Crippen molar-refractivity contribution in [2.24, 2.45) is 10.8 Å². The van der Waals surface area contributed by atoms with Crippen molar-refractivity contribution in [2.75, 3.05) is 32.3 Å². The Hall–Kier alpha value is -5.03. The highest BCUT2D eigenvalue weighted by Gasteiger charge is 2.57. The largest absolute Gasteiger partial charge is 0.453 e. The zero-order valence-corrected chi connectivity index (χ0v) is 28.6. The molecule has 2 rings (SSSR count). The summed E-state index contributed by atoms with van der Waals surface area (Å²) in [7, 11) is 1.54. The average Bonchev–Trinajstić information content (AvgIpc) is 3.54. The summed E-state index contributed by atoms with van der Waals surface area (Å²) in [5.41, 5.74) is -6.22. The standard InChI is InChI=1S/C29H35F10N7O7/c1-26(2,28(34,35)36)19(42-24(50)52-5)21(48)40-10-15(47)12-45(44-22(49)20(43-25(51)53-6)27(3,4)29(37,38)39)18-16(30)7-13(8-17(18)31)14-9-41-46(11-14)23(32)33/h7-9,11,15,19-20,23,47H,10,12H2,1-6H3,(H,40,48)(H,42,50)(H,43,51)(H,44,49)/t15-,19?,20-/m1/s1. The second-order valence-corrected chi connectivity index (χ2v) is 12.3. The van der Waals surface area contributed by atoms with E-state index in [0.29, 0.717) is 39.8 Å². The molecule has 0 bridgehead atoms. The summed E-state index contributed by atoms with van der Waals surface area (Å²) in [5.74, 6) is -6.55. The molecule has 1 aromatic carbocycles. The van der Waals surface area contributed by atoms with Crippen LogP contribution in [0, 0.1) is 22.5 Å². The Morgan fingerprint density at radius 1 is 0.830 bits per heavy atom. The second kappa shape index (κ2) is 16.8. The molecule has 0 saturated carbocycles. The van der Waals surface area contributed by atoms with Gasteiger partial charge in [-0.2, -0.15) is 40.2 Å². The third kappa shape index (κ3) is 10.5. The van der Waals surface area contributed by atoms with Gasteiger partial charge in [-0.05, 0) is 45.4 Å². The number of halogens is 10. The van der Waals surface area contributed by atoms with E-state index < -0.39 is 108 Å². The monoisotopic (exact) mass is 783 g/mol. The number of hydrogen-bond donors (Lipinski definition) is 5. The number of nitrogens with one attached hydrogen (secondary N) is 4. The molecule has 1 heterocycles. The molecule has 0 aliphatic heterocycles. The normalized spacial score (nSPS) is 14.2. The molecule has 1 aromatic heterocycles. The number of aliphatic hydroxyl groups excluding tert-OH is 1. The van der Waals surface area contributed by atoms with Crippen molar-refractivity contribution in [3.8, 4) is 11.1 Å². The average molecular weight is 784 g/mol. The van der Waals surface area contributed by atoms with E-state index in [4.69, 9.17) is 0 Å². The number of hydrazine groups is 1. The zero-order valence-electron chi connectivity index (χ0n) is 28.6. The highest BCUT2D eigenvalue weighted by Crippen LogP contribution is 2.42. The molecule has 3 atom stereocenters. The lowest BCUT2D eigenvalue weighted by Crippen LogP contribution is -2.62. The number of aliphatic hydroxyl groups is 1. The number of methoxy groups -OCH3 is 2. The van der Waals surface area contributed by atoms with Crippen LogP contribution < -0.4 is 26.4 Å². The molecule has 4 amide bonds. The number of carbonyl (C=O) groups excluding carboxylic acids is 4. The Balaban J connectivity index is 2.57. The molecule has 2 aromatic rings. The van der Waals surface area contributed by atoms with E-state index in [-0.39, 0.29) is 15.3 Å². The smallest absolute Gasteiger partial charge is 0.407 e. The minimum Gasteiger partial charge on any atom is -0.453 e. The van der Waals surface area contributed by atoms with Gasteiger partial charge >= 0.3 is 31.1 Å². The summed E-state index contributed by atoms with van der Waals surface area (Å²) >= 11 is 0. The number of benzene rings is 1. The van der Waals surface area contributed by atoms with Crippen molar-refractivity contribution in [3.05, 3.63) is 36.2 Å². The third-order valence-electron chi connectivity index (χ3n) is 7.90. The first-order valence-electron chi connectivity index (χ1n) is 14.9. The van der Waals surface area contributed by atoms with Gasteiger partial charge in [0.15, 0.2) is 11.6 Å². The van der Waals surface area contributed by atoms with E-state index in [9.17, 15) is 59.4 Å². The van der Waals surface area contributed by atoms with E-state index in [0.717, 1.165) is 26.6 Å². The van der Waals surface area contributed by atoms with Gasteiger partial charge in [0, 0.05) is 18.3 Å². The van der Waals surface area contributed by atoms with Crippen LogP contribution in [-0.2, 0) is 19.1 Å². The van der Waals surface area contributed by atoms with Crippen LogP contribution in [0.25, 0.3) is 11.1 Å². The topological polar surface area (TPSA) is 176 Å². The lowest BCUT2D eigenvalue weighted by atomic mass is 9.83. The molecule has 1 unspecified atom stereocenters. The first-order chi connectivity index (χ1) is 24.2. The van der Waals surface area contributed by atoms with Gasteiger partial charge in [-0.25, -0.2) is 23.1 Å². The molecule has 0 saturated heterocycles. The molecule has 0 fully saturated rings. The lowest BCUT2D eigenvalue weighted by molar-refractivity contribution is -0.220. The minimum atomic E-state index is -5.22. The summed E-state index contributed by atoms with van der Waals surface area (Å²) in [4.78, 5) is 49.9. The van der Waals surface area contributed by atoms with Gasteiger partial charge in [0.05, 0.1) is 43.9 Å². The van der Waals surface area contributed by atoms with Crippen molar-refractivity contribution in [2.45, 2.75) is 64.8 Å². The molecule has 0 radical (unpaired) electrons. The van der Waals surface area contributed by atoms with Crippen molar-refractivity contribution in [3.63, 3.8) is 0 Å². The number of alkyl carbamates (subject to hydrolysis) is 2. The molecular weight excluding hydrogens is 748 g/mol. The van der Waals surface area contributed by atoms with Gasteiger partial charge in [-0.1, -0.05) is 0 Å². The van der Waals surface area contributed by atoms with Gasteiger partial charge < -0.3 is 30.5 Å². The summed E-state index contributed by atoms with van der Waals surface area (Å²) < 4.78 is 149. The number of rotatable bonds is 14. The van der Waals surface area contributed by atoms with Crippen LogP contribution in [0.15, 0.2) is 24.5 Å². The van der Waals surface area contributed by atoms with Crippen molar-refractivity contribution >= 4 is 29.7 Å². The minimum absolute atomic E-state index is 0.137. The zero-order chi connectivity index (χ0) is 40.9. The summed E-state index contributed by atoms with van der Waals surface area (Å²) in [6, 6.07) is -3.88. The molecule has 0 aliphatic rings. The van der Waals surface area contributed by atoms with Crippen molar-refractivity contribution in [1.29, 1.82) is 0 Å². The maximum Gasteiger partial charge on any atom is 0.407 e. The number of carbonyl (C=O) groups is 4. The Kier molecular flexibility index (Phi) is 14.0. The van der Waals surface area contributed by atoms with E-state index in [1.807, 2.05) is 5.32 Å². The molecule has 14 nitrogen and oxygen atoms in total. The Morgan fingerprint density at radius 2 is 1.28 bits per heavy atom. The number of nitrogens with zero attached hydrogens (tertiary/aromatic N) is 3. The van der Waals surface area contributed by atoms with Crippen LogP contribution >= 0.6 is 0 Å². The number of hydrogen-bond acceptors (Lipinski definition) is 9. The van der Waals surface area contributed by atoms with Crippen LogP contribution in [0.4, 0.5) is 59.2 Å². The number of aromatic nitrogens is 2. The van der Waals surface area contributed by atoms with Crippen molar-refractivity contribution < 1.29 is 77.7 Å². The van der Waals surface area contributed by atoms with Gasteiger partial charge in [0.25, 0.3) is 5.91 Å². The SMILES string of the molecule is COC(=O)NC(C(=O)NC[C@@H](O)CN(NC(=O)[C@@H](NC(=O)OC)C(C)(C)C(F)(F)F)c1c(F)cc(-c2cnn(C(F)F)c2)cc1F)C(C)(C)C(F)(F)F. The number of ether oxygens (including phenoxy) is 2. The van der Waals surface area contributed by atoms with Gasteiger partial charge in [0.1, 0.15) is 17.8 Å². The molecule has 0 spiro atoms. The van der Waals surface area contributed by atoms with Gasteiger partial charge in [-0.15, -0.1) is 0 Å². The molecular formula is C29H35F10N7O7. The summed E-state index contributed by atoms with van der Waals surface area (Å²) in [6.45, 7) is -3.35. The van der Waals surface area contributed by atoms with Crippen LogP contribution in [0.2, 0.25) is 0 Å². The maximum atomic E-state index is 15.6. The first kappa shape index (κ1) is 44.1. The maximum absolute atomic E-state index is 15.6. The predicted octanol–water partition coefficient (Wildman–Crippen LogP) is 4.16. The van der Waals surface area contributed by atoms with Crippen LogP contribution in [0.5, 0.6) is 0 Å². The Morgan fingerprint density at radius 3 is 1.68 bits per heavy atom. The highest BCUT2D eigenvalue weighted by atomic mass is 19.4. The molecule has 0 aliphatic carbocycles. The predicted molar refractivity (Wildman–Crippen MR) is 162 cm³/mol. The van der Waals surface area contributed by atoms with Gasteiger partial charge in [0.2, 0.25) is 5.91 Å². The van der Waals surface area contributed by atoms with Crippen LogP contribution in [0.1, 0.15) is 34.2 Å². The Bertz CT molecular complexity index is 1610. The van der Waals surface area contributed by atoms with E-state index >= 15 is 8.78 Å². The van der Waals surface area contributed by atoms with Crippen LogP contribution in [-0.4, -0.2) is 96.7 Å². The summed E-state index contributed by atoms with van der Waals surface area (Å²) in [6.07, 6.45) is -13.9. The molecule has 5 N–H and O–H groups in total. The Labute approximate surface area is 294 Å². The third-order valence-corrected chi connectivity index (χ3v) is 7.90. The number of amides is 4. The molecule has 298 valence electrons. The fourth-order valence-electron chi connectivity index (χ4n) is 4.40. The van der Waals surface area contributed by atoms with E-state index in [1.54, 1.807) is 16.1 Å².